The standard InChI is InChI=1S/C11H24N2O2S.ClH/c1-2-3-8-16(14,15)13-11-7-5-4-6-10(11)9-12;/h10-11,13H,2-9,12H2,1H3;1H. The van der Waals surface area contributed by atoms with Crippen molar-refractivity contribution in [1.82, 2.24) is 4.72 Å². The summed E-state index contributed by atoms with van der Waals surface area (Å²) in [7, 11) is -3.09. The monoisotopic (exact) mass is 284 g/mol. The Labute approximate surface area is 111 Å². The molecule has 1 fully saturated rings. The summed E-state index contributed by atoms with van der Waals surface area (Å²) >= 11 is 0. The minimum absolute atomic E-state index is 0. The van der Waals surface area contributed by atoms with Gasteiger partial charge in [0, 0.05) is 6.04 Å². The van der Waals surface area contributed by atoms with E-state index >= 15 is 0 Å². The molecule has 0 aromatic heterocycles. The third kappa shape index (κ3) is 6.04. The average Bonchev–Trinajstić information content (AvgIpc) is 2.27. The number of hydrogen-bond donors (Lipinski definition) is 2. The number of rotatable bonds is 6. The molecule has 1 aliphatic rings. The first-order valence-corrected chi connectivity index (χ1v) is 7.94. The molecule has 2 atom stereocenters. The second-order valence-electron chi connectivity index (χ2n) is 4.68. The fourth-order valence-corrected chi connectivity index (χ4v) is 3.83. The van der Waals surface area contributed by atoms with Crippen LogP contribution in [0.1, 0.15) is 45.4 Å². The summed E-state index contributed by atoms with van der Waals surface area (Å²) in [5.74, 6) is 0.572. The van der Waals surface area contributed by atoms with Gasteiger partial charge in [-0.1, -0.05) is 26.2 Å². The predicted octanol–water partition coefficient (Wildman–Crippen LogP) is 1.65. The van der Waals surface area contributed by atoms with Crippen LogP contribution < -0.4 is 10.5 Å². The van der Waals surface area contributed by atoms with Crippen molar-refractivity contribution in [1.29, 1.82) is 0 Å². The van der Waals surface area contributed by atoms with E-state index < -0.39 is 10.0 Å². The van der Waals surface area contributed by atoms with Gasteiger partial charge in [0.25, 0.3) is 0 Å². The lowest BCUT2D eigenvalue weighted by Crippen LogP contribution is -2.45. The topological polar surface area (TPSA) is 72.2 Å². The number of sulfonamides is 1. The van der Waals surface area contributed by atoms with Gasteiger partial charge in [0.05, 0.1) is 5.75 Å². The fraction of sp³-hybridized carbons (Fsp3) is 1.00. The normalized spacial score (nSPS) is 25.3. The Balaban J connectivity index is 0.00000256. The van der Waals surface area contributed by atoms with Crippen LogP contribution in [0.25, 0.3) is 0 Å². The maximum absolute atomic E-state index is 11.8. The van der Waals surface area contributed by atoms with Gasteiger partial charge in [-0.15, -0.1) is 12.4 Å². The van der Waals surface area contributed by atoms with Gasteiger partial charge >= 0.3 is 0 Å². The van der Waals surface area contributed by atoms with Crippen LogP contribution in [0, 0.1) is 5.92 Å². The Hall–Kier alpha value is 0.160. The Morgan fingerprint density at radius 2 is 1.94 bits per heavy atom. The minimum Gasteiger partial charge on any atom is -0.330 e. The van der Waals surface area contributed by atoms with Gasteiger partial charge < -0.3 is 5.73 Å². The van der Waals surface area contributed by atoms with E-state index in [9.17, 15) is 8.42 Å². The second kappa shape index (κ2) is 8.29. The number of nitrogens with one attached hydrogen (secondary N) is 1. The largest absolute Gasteiger partial charge is 0.330 e. The Kier molecular flexibility index (Phi) is 8.37. The summed E-state index contributed by atoms with van der Waals surface area (Å²) in [6, 6.07) is 0.0700. The van der Waals surface area contributed by atoms with Gasteiger partial charge in [-0.2, -0.15) is 0 Å². The van der Waals surface area contributed by atoms with Crippen LogP contribution in [0.3, 0.4) is 0 Å². The molecule has 0 aliphatic heterocycles. The molecule has 1 saturated carbocycles. The molecule has 3 N–H and O–H groups in total. The van der Waals surface area contributed by atoms with Crippen LogP contribution in [-0.2, 0) is 10.0 Å². The summed E-state index contributed by atoms with van der Waals surface area (Å²) in [6.45, 7) is 2.58. The van der Waals surface area contributed by atoms with Crippen molar-refractivity contribution in [3.63, 3.8) is 0 Å². The molecule has 0 spiro atoms. The highest BCUT2D eigenvalue weighted by Gasteiger charge is 2.27. The molecule has 104 valence electrons. The number of halogens is 1. The van der Waals surface area contributed by atoms with Gasteiger partial charge in [-0.25, -0.2) is 13.1 Å². The van der Waals surface area contributed by atoms with Crippen LogP contribution in [0.4, 0.5) is 0 Å². The van der Waals surface area contributed by atoms with Crippen molar-refractivity contribution >= 4 is 22.4 Å². The molecular weight excluding hydrogens is 260 g/mol. The molecule has 0 radical (unpaired) electrons. The highest BCUT2D eigenvalue weighted by molar-refractivity contribution is 7.89. The summed E-state index contributed by atoms with van der Waals surface area (Å²) in [6.07, 6.45) is 5.92. The van der Waals surface area contributed by atoms with Crippen molar-refractivity contribution in [2.75, 3.05) is 12.3 Å². The maximum atomic E-state index is 11.8. The molecule has 1 rings (SSSR count). The first kappa shape index (κ1) is 17.2. The zero-order valence-corrected chi connectivity index (χ0v) is 12.2. The van der Waals surface area contributed by atoms with Gasteiger partial charge in [0.1, 0.15) is 0 Å². The summed E-state index contributed by atoms with van der Waals surface area (Å²) in [5.41, 5.74) is 5.68. The summed E-state index contributed by atoms with van der Waals surface area (Å²) in [4.78, 5) is 0. The van der Waals surface area contributed by atoms with Crippen LogP contribution in [0.15, 0.2) is 0 Å². The van der Waals surface area contributed by atoms with Gasteiger partial charge in [0.2, 0.25) is 10.0 Å². The molecule has 0 amide bonds. The molecule has 17 heavy (non-hydrogen) atoms. The van der Waals surface area contributed by atoms with E-state index in [-0.39, 0.29) is 24.2 Å². The zero-order valence-electron chi connectivity index (χ0n) is 10.5. The molecule has 1 aliphatic carbocycles. The van der Waals surface area contributed by atoms with Crippen LogP contribution >= 0.6 is 12.4 Å². The number of unbranched alkanes of at least 4 members (excludes halogenated alkanes) is 1. The summed E-state index contributed by atoms with van der Waals surface area (Å²) in [5, 5.41) is 0. The molecule has 0 aromatic carbocycles. The van der Waals surface area contributed by atoms with E-state index in [0.717, 1.165) is 32.1 Å². The lowest BCUT2D eigenvalue weighted by molar-refractivity contribution is 0.296. The third-order valence-corrected chi connectivity index (χ3v) is 4.80. The molecule has 0 aromatic rings. The van der Waals surface area contributed by atoms with Crippen molar-refractivity contribution < 1.29 is 8.42 Å². The van der Waals surface area contributed by atoms with Crippen molar-refractivity contribution in [2.45, 2.75) is 51.5 Å². The van der Waals surface area contributed by atoms with E-state index in [0.29, 0.717) is 12.5 Å². The van der Waals surface area contributed by atoms with Gasteiger partial charge in [-0.3, -0.25) is 0 Å². The van der Waals surface area contributed by atoms with Crippen molar-refractivity contribution in [3.05, 3.63) is 0 Å². The fourth-order valence-electron chi connectivity index (χ4n) is 2.27. The molecular formula is C11H25ClN2O2S. The van der Waals surface area contributed by atoms with E-state index in [1.807, 2.05) is 6.92 Å². The van der Waals surface area contributed by atoms with E-state index in [2.05, 4.69) is 4.72 Å². The van der Waals surface area contributed by atoms with E-state index in [4.69, 9.17) is 5.73 Å². The lowest BCUT2D eigenvalue weighted by Gasteiger charge is -2.31. The second-order valence-corrected chi connectivity index (χ2v) is 6.55. The quantitative estimate of drug-likeness (QED) is 0.779. The van der Waals surface area contributed by atoms with Crippen molar-refractivity contribution in [3.8, 4) is 0 Å². The highest BCUT2D eigenvalue weighted by atomic mass is 35.5. The molecule has 0 heterocycles. The van der Waals surface area contributed by atoms with Gasteiger partial charge in [0.15, 0.2) is 0 Å². The first-order valence-electron chi connectivity index (χ1n) is 6.29. The van der Waals surface area contributed by atoms with Crippen LogP contribution in [0.5, 0.6) is 0 Å². The van der Waals surface area contributed by atoms with E-state index in [1.165, 1.54) is 6.42 Å². The molecule has 4 nitrogen and oxygen atoms in total. The zero-order chi connectivity index (χ0) is 12.0. The Bertz CT molecular complexity index is 296. The molecule has 2 unspecified atom stereocenters. The van der Waals surface area contributed by atoms with Crippen LogP contribution in [-0.4, -0.2) is 26.8 Å². The summed E-state index contributed by atoms with van der Waals surface area (Å²) < 4.78 is 26.4. The van der Waals surface area contributed by atoms with Crippen molar-refractivity contribution in [2.24, 2.45) is 11.7 Å². The number of hydrogen-bond acceptors (Lipinski definition) is 3. The smallest absolute Gasteiger partial charge is 0.211 e. The van der Waals surface area contributed by atoms with E-state index in [1.54, 1.807) is 0 Å². The van der Waals surface area contributed by atoms with Crippen LogP contribution in [0.2, 0.25) is 0 Å². The third-order valence-electron chi connectivity index (χ3n) is 3.31. The van der Waals surface area contributed by atoms with Gasteiger partial charge in [-0.05, 0) is 31.7 Å². The first-order chi connectivity index (χ1) is 7.59. The number of nitrogens with two attached hydrogens (primary N) is 1. The average molecular weight is 285 g/mol. The Morgan fingerprint density at radius 3 is 2.53 bits per heavy atom. The minimum atomic E-state index is -3.09. The Morgan fingerprint density at radius 1 is 1.29 bits per heavy atom. The predicted molar refractivity (Wildman–Crippen MR) is 73.9 cm³/mol. The highest BCUT2D eigenvalue weighted by Crippen LogP contribution is 2.24. The molecule has 0 saturated heterocycles. The SMILES string of the molecule is CCCCS(=O)(=O)NC1CCCCC1CN.Cl. The molecule has 6 heteroatoms. The lowest BCUT2D eigenvalue weighted by atomic mass is 9.85. The maximum Gasteiger partial charge on any atom is 0.211 e. The molecule has 0 bridgehead atoms.